The van der Waals surface area contributed by atoms with E-state index in [-0.39, 0.29) is 29.3 Å². The molecule has 1 aliphatic heterocycles. The van der Waals surface area contributed by atoms with Gasteiger partial charge in [0.1, 0.15) is 0 Å². The molecular weight excluding hydrogens is 326 g/mol. The van der Waals surface area contributed by atoms with Crippen LogP contribution in [0.1, 0.15) is 25.8 Å². The quantitative estimate of drug-likeness (QED) is 0.778. The van der Waals surface area contributed by atoms with Crippen molar-refractivity contribution < 1.29 is 13.2 Å². The van der Waals surface area contributed by atoms with Crippen LogP contribution in [-0.2, 0) is 21.2 Å². The second-order valence-corrected chi connectivity index (χ2v) is 7.04. The van der Waals surface area contributed by atoms with E-state index < -0.39 is 10.0 Å². The summed E-state index contributed by atoms with van der Waals surface area (Å²) in [6.45, 7) is 4.24. The molecule has 0 saturated carbocycles. The number of benzene rings is 1. The maximum absolute atomic E-state index is 12.2. The molecule has 6 nitrogen and oxygen atoms in total. The highest BCUT2D eigenvalue weighted by molar-refractivity contribution is 7.89. The van der Waals surface area contributed by atoms with E-state index in [9.17, 15) is 13.2 Å². The summed E-state index contributed by atoms with van der Waals surface area (Å²) in [6, 6.07) is 4.95. The Morgan fingerprint density at radius 2 is 2.14 bits per heavy atom. The number of fused-ring (bicyclic) bond motifs is 1. The minimum atomic E-state index is -3.52. The standard InChI is InChI=1S/C14H21N3O3S.ClH/c1-10-8-12-9-13(21(19,20)16-7-3-6-15)4-5-14(12)17(10)11(2)18;/h4-5,9-10,16H,3,6-8,15H2,1-2H3;1H. The van der Waals surface area contributed by atoms with Crippen molar-refractivity contribution in [3.63, 3.8) is 0 Å². The molecular formula is C14H22ClN3O3S. The molecule has 1 aliphatic rings. The summed E-state index contributed by atoms with van der Waals surface area (Å²) in [5.74, 6) is -0.0297. The van der Waals surface area contributed by atoms with Gasteiger partial charge in [-0.2, -0.15) is 0 Å². The maximum atomic E-state index is 12.2. The number of sulfonamides is 1. The number of halogens is 1. The van der Waals surface area contributed by atoms with Crippen molar-refractivity contribution in [2.24, 2.45) is 5.73 Å². The second-order valence-electron chi connectivity index (χ2n) is 5.27. The van der Waals surface area contributed by atoms with Gasteiger partial charge in [0.15, 0.2) is 0 Å². The number of nitrogens with zero attached hydrogens (tertiary/aromatic N) is 1. The van der Waals surface area contributed by atoms with Crippen LogP contribution in [0, 0.1) is 0 Å². The van der Waals surface area contributed by atoms with E-state index >= 15 is 0 Å². The molecule has 0 radical (unpaired) electrons. The Labute approximate surface area is 137 Å². The zero-order valence-corrected chi connectivity index (χ0v) is 14.3. The topological polar surface area (TPSA) is 92.5 Å². The average Bonchev–Trinajstić information content (AvgIpc) is 2.73. The molecule has 0 bridgehead atoms. The third-order valence-electron chi connectivity index (χ3n) is 3.59. The smallest absolute Gasteiger partial charge is 0.240 e. The van der Waals surface area contributed by atoms with Crippen molar-refractivity contribution >= 4 is 34.0 Å². The predicted octanol–water partition coefficient (Wildman–Crippen LogP) is 1.03. The number of anilines is 1. The molecule has 1 atom stereocenters. The van der Waals surface area contributed by atoms with Crippen molar-refractivity contribution in [2.75, 3.05) is 18.0 Å². The van der Waals surface area contributed by atoms with Gasteiger partial charge in [0.05, 0.1) is 4.90 Å². The lowest BCUT2D eigenvalue weighted by Crippen LogP contribution is -2.33. The molecule has 1 aromatic carbocycles. The predicted molar refractivity (Wildman–Crippen MR) is 88.9 cm³/mol. The molecule has 22 heavy (non-hydrogen) atoms. The summed E-state index contributed by atoms with van der Waals surface area (Å²) in [6.07, 6.45) is 1.26. The Morgan fingerprint density at radius 1 is 1.45 bits per heavy atom. The van der Waals surface area contributed by atoms with Crippen molar-refractivity contribution in [3.05, 3.63) is 23.8 Å². The number of hydrogen-bond acceptors (Lipinski definition) is 4. The van der Waals surface area contributed by atoms with E-state index in [0.29, 0.717) is 25.9 Å². The first-order chi connectivity index (χ1) is 9.86. The number of carbonyl (C=O) groups is 1. The zero-order chi connectivity index (χ0) is 15.6. The molecule has 1 unspecified atom stereocenters. The van der Waals surface area contributed by atoms with Gasteiger partial charge in [0.2, 0.25) is 15.9 Å². The summed E-state index contributed by atoms with van der Waals surface area (Å²) in [5.41, 5.74) is 7.05. The first kappa shape index (κ1) is 18.9. The van der Waals surface area contributed by atoms with Gasteiger partial charge in [-0.05, 0) is 50.1 Å². The average molecular weight is 348 g/mol. The molecule has 3 N–H and O–H groups in total. The fourth-order valence-electron chi connectivity index (χ4n) is 2.65. The van der Waals surface area contributed by atoms with E-state index in [2.05, 4.69) is 4.72 Å². The van der Waals surface area contributed by atoms with Crippen LogP contribution in [0.4, 0.5) is 5.69 Å². The van der Waals surface area contributed by atoms with Crippen LogP contribution >= 0.6 is 12.4 Å². The van der Waals surface area contributed by atoms with Crippen molar-refractivity contribution in [1.29, 1.82) is 0 Å². The fourth-order valence-corrected chi connectivity index (χ4v) is 3.77. The number of carbonyl (C=O) groups excluding carboxylic acids is 1. The highest BCUT2D eigenvalue weighted by Gasteiger charge is 2.30. The van der Waals surface area contributed by atoms with Gasteiger partial charge in [-0.15, -0.1) is 12.4 Å². The minimum absolute atomic E-state index is 0. The van der Waals surface area contributed by atoms with Crippen molar-refractivity contribution in [2.45, 2.75) is 37.6 Å². The summed E-state index contributed by atoms with van der Waals surface area (Å²) in [7, 11) is -3.52. The van der Waals surface area contributed by atoms with Gasteiger partial charge in [0, 0.05) is 25.2 Å². The Balaban J connectivity index is 0.00000242. The number of nitrogens with one attached hydrogen (secondary N) is 1. The Kier molecular flexibility index (Phi) is 6.37. The molecule has 8 heteroatoms. The monoisotopic (exact) mass is 347 g/mol. The number of rotatable bonds is 5. The molecule has 1 heterocycles. The normalized spacial score (nSPS) is 17.0. The SMILES string of the molecule is CC(=O)N1c2ccc(S(=O)(=O)NCCCN)cc2CC1C.Cl. The molecule has 0 aliphatic carbocycles. The molecule has 0 spiro atoms. The molecule has 0 saturated heterocycles. The summed E-state index contributed by atoms with van der Waals surface area (Å²) in [4.78, 5) is 13.6. The lowest BCUT2D eigenvalue weighted by Gasteiger charge is -2.20. The van der Waals surface area contributed by atoms with Crippen LogP contribution < -0.4 is 15.4 Å². The lowest BCUT2D eigenvalue weighted by molar-refractivity contribution is -0.116. The van der Waals surface area contributed by atoms with Gasteiger partial charge in [-0.25, -0.2) is 13.1 Å². The fraction of sp³-hybridized carbons (Fsp3) is 0.500. The number of nitrogens with two attached hydrogens (primary N) is 1. The van der Waals surface area contributed by atoms with E-state index in [4.69, 9.17) is 5.73 Å². The summed E-state index contributed by atoms with van der Waals surface area (Å²) < 4.78 is 26.9. The van der Waals surface area contributed by atoms with E-state index in [1.807, 2.05) is 6.92 Å². The van der Waals surface area contributed by atoms with Crippen LogP contribution in [-0.4, -0.2) is 33.5 Å². The zero-order valence-electron chi connectivity index (χ0n) is 12.7. The second kappa shape index (κ2) is 7.41. The summed E-state index contributed by atoms with van der Waals surface area (Å²) >= 11 is 0. The maximum Gasteiger partial charge on any atom is 0.240 e. The highest BCUT2D eigenvalue weighted by Crippen LogP contribution is 2.33. The van der Waals surface area contributed by atoms with Crippen LogP contribution in [0.3, 0.4) is 0 Å². The Morgan fingerprint density at radius 3 is 2.73 bits per heavy atom. The van der Waals surface area contributed by atoms with Crippen LogP contribution in [0.2, 0.25) is 0 Å². The van der Waals surface area contributed by atoms with Gasteiger partial charge in [-0.3, -0.25) is 4.79 Å². The van der Waals surface area contributed by atoms with E-state index in [0.717, 1.165) is 11.3 Å². The molecule has 0 fully saturated rings. The first-order valence-electron chi connectivity index (χ1n) is 6.99. The minimum Gasteiger partial charge on any atom is -0.330 e. The first-order valence-corrected chi connectivity index (χ1v) is 8.47. The Bertz CT molecular complexity index is 649. The molecule has 1 aromatic rings. The molecule has 2 rings (SSSR count). The largest absolute Gasteiger partial charge is 0.330 e. The summed E-state index contributed by atoms with van der Waals surface area (Å²) in [5, 5.41) is 0. The van der Waals surface area contributed by atoms with Crippen molar-refractivity contribution in [1.82, 2.24) is 4.72 Å². The third kappa shape index (κ3) is 3.78. The lowest BCUT2D eigenvalue weighted by atomic mass is 10.1. The van der Waals surface area contributed by atoms with E-state index in [1.165, 1.54) is 13.0 Å². The van der Waals surface area contributed by atoms with Crippen LogP contribution in [0.5, 0.6) is 0 Å². The van der Waals surface area contributed by atoms with E-state index in [1.54, 1.807) is 17.0 Å². The van der Waals surface area contributed by atoms with Crippen LogP contribution in [0.25, 0.3) is 0 Å². The van der Waals surface area contributed by atoms with Crippen LogP contribution in [0.15, 0.2) is 23.1 Å². The number of hydrogen-bond donors (Lipinski definition) is 2. The highest BCUT2D eigenvalue weighted by atomic mass is 35.5. The van der Waals surface area contributed by atoms with Gasteiger partial charge < -0.3 is 10.6 Å². The molecule has 124 valence electrons. The Hall–Kier alpha value is -1.15. The molecule has 0 aromatic heterocycles. The van der Waals surface area contributed by atoms with Crippen molar-refractivity contribution in [3.8, 4) is 0 Å². The van der Waals surface area contributed by atoms with Gasteiger partial charge in [-0.1, -0.05) is 0 Å². The van der Waals surface area contributed by atoms with Gasteiger partial charge in [0.25, 0.3) is 0 Å². The molecule has 1 amide bonds. The number of amides is 1. The third-order valence-corrected chi connectivity index (χ3v) is 5.05. The van der Waals surface area contributed by atoms with Gasteiger partial charge >= 0.3 is 0 Å².